The molecule has 7 heteroatoms. The third-order valence-corrected chi connectivity index (χ3v) is 3.17. The van der Waals surface area contributed by atoms with Gasteiger partial charge in [-0.2, -0.15) is 0 Å². The number of carbonyl (C=O) groups is 2. The lowest BCUT2D eigenvalue weighted by Crippen LogP contribution is -2.30. The summed E-state index contributed by atoms with van der Waals surface area (Å²) >= 11 is 11.5. The molecule has 104 valence electrons. The fourth-order valence-electron chi connectivity index (χ4n) is 1.53. The Balaban J connectivity index is 2.64. The highest BCUT2D eigenvalue weighted by Crippen LogP contribution is 2.18. The summed E-state index contributed by atoms with van der Waals surface area (Å²) in [5, 5.41) is 11.7. The zero-order valence-electron chi connectivity index (χ0n) is 10.3. The molecule has 1 aromatic rings. The number of carboxylic acid groups (broad SMARTS) is 1. The van der Waals surface area contributed by atoms with Crippen LogP contribution in [-0.4, -0.2) is 28.5 Å². The number of rotatable bonds is 6. The van der Waals surface area contributed by atoms with Crippen molar-refractivity contribution >= 4 is 35.1 Å². The number of carbonyl (C=O) groups excluding carboxylic acids is 1. The highest BCUT2D eigenvalue weighted by atomic mass is 35.5. The van der Waals surface area contributed by atoms with E-state index in [-0.39, 0.29) is 34.6 Å². The van der Waals surface area contributed by atoms with Crippen LogP contribution in [0.3, 0.4) is 0 Å². The molecule has 1 amide bonds. The number of carboxylic acids is 1. The Morgan fingerprint density at radius 1 is 1.47 bits per heavy atom. The lowest BCUT2D eigenvalue weighted by molar-refractivity contribution is -0.138. The number of pyridine rings is 1. The highest BCUT2D eigenvalue weighted by Gasteiger charge is 2.15. The monoisotopic (exact) mass is 304 g/mol. The average molecular weight is 305 g/mol. The lowest BCUT2D eigenvalue weighted by atomic mass is 10.0. The molecule has 0 spiro atoms. The molecular weight excluding hydrogens is 291 g/mol. The molecule has 0 aliphatic heterocycles. The van der Waals surface area contributed by atoms with E-state index in [1.165, 1.54) is 12.3 Å². The number of aliphatic carboxylic acids is 1. The first-order valence-corrected chi connectivity index (χ1v) is 6.50. The number of hydrogen-bond acceptors (Lipinski definition) is 3. The van der Waals surface area contributed by atoms with E-state index in [0.717, 1.165) is 0 Å². The van der Waals surface area contributed by atoms with Crippen molar-refractivity contribution < 1.29 is 14.7 Å². The van der Waals surface area contributed by atoms with E-state index in [4.69, 9.17) is 28.3 Å². The predicted octanol–water partition coefficient (Wildman–Crippen LogP) is 2.62. The first-order chi connectivity index (χ1) is 8.93. The fourth-order valence-corrected chi connectivity index (χ4v) is 1.87. The van der Waals surface area contributed by atoms with E-state index >= 15 is 0 Å². The molecule has 0 saturated carbocycles. The number of nitrogens with one attached hydrogen (secondary N) is 1. The predicted molar refractivity (Wildman–Crippen MR) is 72.6 cm³/mol. The lowest BCUT2D eigenvalue weighted by Gasteiger charge is -2.13. The molecule has 5 nitrogen and oxygen atoms in total. The van der Waals surface area contributed by atoms with E-state index < -0.39 is 11.9 Å². The van der Waals surface area contributed by atoms with Crippen LogP contribution >= 0.6 is 23.2 Å². The van der Waals surface area contributed by atoms with Crippen molar-refractivity contribution in [1.82, 2.24) is 10.3 Å². The van der Waals surface area contributed by atoms with Gasteiger partial charge in [-0.3, -0.25) is 9.59 Å². The topological polar surface area (TPSA) is 79.3 Å². The van der Waals surface area contributed by atoms with Crippen molar-refractivity contribution in [3.8, 4) is 0 Å². The van der Waals surface area contributed by atoms with Crippen LogP contribution in [0.2, 0.25) is 10.2 Å². The van der Waals surface area contributed by atoms with Crippen LogP contribution in [0, 0.1) is 5.92 Å². The van der Waals surface area contributed by atoms with Crippen LogP contribution in [0.4, 0.5) is 0 Å². The van der Waals surface area contributed by atoms with Gasteiger partial charge < -0.3 is 10.4 Å². The molecule has 19 heavy (non-hydrogen) atoms. The Labute approximate surface area is 120 Å². The molecule has 1 aromatic heterocycles. The van der Waals surface area contributed by atoms with Gasteiger partial charge >= 0.3 is 5.97 Å². The van der Waals surface area contributed by atoms with Crippen LogP contribution in [0.1, 0.15) is 30.1 Å². The second kappa shape index (κ2) is 7.31. The number of aromatic nitrogens is 1. The molecule has 0 aromatic carbocycles. The van der Waals surface area contributed by atoms with Gasteiger partial charge in [-0.15, -0.1) is 0 Å². The second-order valence-corrected chi connectivity index (χ2v) is 4.86. The summed E-state index contributed by atoms with van der Waals surface area (Å²) in [5.74, 6) is -1.39. The summed E-state index contributed by atoms with van der Waals surface area (Å²) in [4.78, 5) is 26.3. The zero-order valence-corrected chi connectivity index (χ0v) is 11.8. The van der Waals surface area contributed by atoms with Gasteiger partial charge in [0, 0.05) is 19.2 Å². The van der Waals surface area contributed by atoms with Crippen molar-refractivity contribution in [2.75, 3.05) is 6.54 Å². The zero-order chi connectivity index (χ0) is 14.4. The Kier molecular flexibility index (Phi) is 6.05. The van der Waals surface area contributed by atoms with Crippen LogP contribution in [0.5, 0.6) is 0 Å². The van der Waals surface area contributed by atoms with Crippen molar-refractivity contribution in [2.24, 2.45) is 5.92 Å². The summed E-state index contributed by atoms with van der Waals surface area (Å²) in [5.41, 5.74) is 0.229. The molecule has 1 heterocycles. The minimum absolute atomic E-state index is 0.0155. The molecular formula is C12H14Cl2N2O3. The molecule has 1 rings (SSSR count). The maximum atomic E-state index is 11.9. The van der Waals surface area contributed by atoms with E-state index in [2.05, 4.69) is 10.3 Å². The first-order valence-electron chi connectivity index (χ1n) is 5.75. The van der Waals surface area contributed by atoms with E-state index in [0.29, 0.717) is 6.42 Å². The maximum absolute atomic E-state index is 11.9. The molecule has 0 fully saturated rings. The third-order valence-electron chi connectivity index (χ3n) is 2.66. The summed E-state index contributed by atoms with van der Waals surface area (Å²) < 4.78 is 0. The van der Waals surface area contributed by atoms with Gasteiger partial charge in [0.15, 0.2) is 0 Å². The van der Waals surface area contributed by atoms with Crippen molar-refractivity contribution in [3.05, 3.63) is 28.0 Å². The SMILES string of the molecule is CCC(CNC(=O)c1cc(Cl)ncc1Cl)CC(=O)O. The molecule has 0 radical (unpaired) electrons. The standard InChI is InChI=1S/C12H14Cl2N2O3/c1-2-7(3-11(17)18)5-16-12(19)8-4-10(14)15-6-9(8)13/h4,6-7H,2-3,5H2,1H3,(H,16,19)(H,17,18). The Bertz CT molecular complexity index is 480. The largest absolute Gasteiger partial charge is 0.481 e. The summed E-state index contributed by atoms with van der Waals surface area (Å²) in [7, 11) is 0. The highest BCUT2D eigenvalue weighted by molar-refractivity contribution is 6.35. The van der Waals surface area contributed by atoms with Gasteiger partial charge in [0.05, 0.1) is 10.6 Å². The van der Waals surface area contributed by atoms with E-state index in [1.54, 1.807) is 0 Å². The molecule has 0 aliphatic rings. The van der Waals surface area contributed by atoms with Crippen molar-refractivity contribution in [3.63, 3.8) is 0 Å². The maximum Gasteiger partial charge on any atom is 0.303 e. The Morgan fingerprint density at radius 2 is 2.16 bits per heavy atom. The van der Waals surface area contributed by atoms with Crippen LogP contribution < -0.4 is 5.32 Å². The normalized spacial score (nSPS) is 11.9. The van der Waals surface area contributed by atoms with Gasteiger partial charge in [0.2, 0.25) is 0 Å². The van der Waals surface area contributed by atoms with Gasteiger partial charge in [0.1, 0.15) is 5.15 Å². The summed E-state index contributed by atoms with van der Waals surface area (Å²) in [6, 6.07) is 1.37. The Hall–Kier alpha value is -1.33. The van der Waals surface area contributed by atoms with Crippen molar-refractivity contribution in [1.29, 1.82) is 0 Å². The summed E-state index contributed by atoms with van der Waals surface area (Å²) in [6.45, 7) is 2.15. The molecule has 1 unspecified atom stereocenters. The van der Waals surface area contributed by atoms with Gasteiger partial charge in [-0.05, 0) is 12.0 Å². The smallest absolute Gasteiger partial charge is 0.303 e. The van der Waals surface area contributed by atoms with Gasteiger partial charge in [0.25, 0.3) is 5.91 Å². The summed E-state index contributed by atoms with van der Waals surface area (Å²) in [6.07, 6.45) is 1.98. The average Bonchev–Trinajstić information content (AvgIpc) is 2.36. The van der Waals surface area contributed by atoms with Gasteiger partial charge in [-0.1, -0.05) is 36.5 Å². The minimum Gasteiger partial charge on any atom is -0.481 e. The quantitative estimate of drug-likeness (QED) is 0.792. The van der Waals surface area contributed by atoms with E-state index in [9.17, 15) is 9.59 Å². The molecule has 0 aliphatic carbocycles. The van der Waals surface area contributed by atoms with Crippen LogP contribution in [0.25, 0.3) is 0 Å². The van der Waals surface area contributed by atoms with Crippen LogP contribution in [0.15, 0.2) is 12.3 Å². The first kappa shape index (κ1) is 15.7. The molecule has 2 N–H and O–H groups in total. The molecule has 0 saturated heterocycles. The fraction of sp³-hybridized carbons (Fsp3) is 0.417. The van der Waals surface area contributed by atoms with Crippen molar-refractivity contribution in [2.45, 2.75) is 19.8 Å². The van der Waals surface area contributed by atoms with Gasteiger partial charge in [-0.25, -0.2) is 4.98 Å². The number of hydrogen-bond donors (Lipinski definition) is 2. The Morgan fingerprint density at radius 3 is 2.74 bits per heavy atom. The van der Waals surface area contributed by atoms with Crippen LogP contribution in [-0.2, 0) is 4.79 Å². The molecule has 0 bridgehead atoms. The molecule has 1 atom stereocenters. The third kappa shape index (κ3) is 5.04. The number of nitrogens with zero attached hydrogens (tertiary/aromatic N) is 1. The second-order valence-electron chi connectivity index (χ2n) is 4.07. The number of halogens is 2. The van der Waals surface area contributed by atoms with E-state index in [1.807, 2.05) is 6.92 Å². The number of amides is 1. The minimum atomic E-state index is -0.883.